The van der Waals surface area contributed by atoms with Crippen LogP contribution in [0.3, 0.4) is 0 Å². The molecule has 2 fully saturated rings. The van der Waals surface area contributed by atoms with E-state index in [0.717, 1.165) is 17.7 Å². The average Bonchev–Trinajstić information content (AvgIpc) is 3.33. The van der Waals surface area contributed by atoms with Crippen LogP contribution in [0.4, 0.5) is 5.82 Å². The van der Waals surface area contributed by atoms with E-state index in [1.54, 1.807) is 13.5 Å². The van der Waals surface area contributed by atoms with E-state index in [1.165, 1.54) is 0 Å². The van der Waals surface area contributed by atoms with Gasteiger partial charge in [-0.15, -0.1) is 0 Å². The van der Waals surface area contributed by atoms with E-state index in [2.05, 4.69) is 16.4 Å². The SMILES string of the molecule is N#CN1CCC(N2CCN(c3cc(-c4ccccc4)[nH]n3)S2(O)O)C1. The summed E-state index contributed by atoms with van der Waals surface area (Å²) in [6.07, 6.45) is 2.89. The number of benzene rings is 1. The predicted octanol–water partition coefficient (Wildman–Crippen LogP) is 2.33. The van der Waals surface area contributed by atoms with Crippen LogP contribution < -0.4 is 4.31 Å². The van der Waals surface area contributed by atoms with Gasteiger partial charge >= 0.3 is 0 Å². The van der Waals surface area contributed by atoms with Crippen molar-refractivity contribution in [3.05, 3.63) is 36.4 Å². The van der Waals surface area contributed by atoms with E-state index in [4.69, 9.17) is 5.26 Å². The lowest BCUT2D eigenvalue weighted by molar-refractivity contribution is 0.310. The molecule has 2 aliphatic rings. The molecule has 1 aromatic carbocycles. The zero-order chi connectivity index (χ0) is 17.4. The number of anilines is 1. The third-order valence-corrected chi connectivity index (χ3v) is 6.82. The van der Waals surface area contributed by atoms with Crippen molar-refractivity contribution >= 4 is 16.8 Å². The van der Waals surface area contributed by atoms with Crippen molar-refractivity contribution in [1.82, 2.24) is 19.4 Å². The molecular formula is C16H20N6O2S. The monoisotopic (exact) mass is 360 g/mol. The Morgan fingerprint density at radius 3 is 2.72 bits per heavy atom. The zero-order valence-electron chi connectivity index (χ0n) is 13.6. The number of rotatable bonds is 3. The smallest absolute Gasteiger partial charge is 0.179 e. The molecule has 25 heavy (non-hydrogen) atoms. The summed E-state index contributed by atoms with van der Waals surface area (Å²) in [5, 5.41) is 16.3. The normalized spacial score (nSPS) is 24.4. The van der Waals surface area contributed by atoms with Gasteiger partial charge in [0.05, 0.1) is 18.3 Å². The number of hydrogen-bond donors (Lipinski definition) is 3. The fourth-order valence-electron chi connectivity index (χ4n) is 3.46. The molecule has 0 aliphatic carbocycles. The number of nitrogens with one attached hydrogen (secondary N) is 1. The molecule has 1 atom stereocenters. The fraction of sp³-hybridized carbons (Fsp3) is 0.375. The highest BCUT2D eigenvalue weighted by Gasteiger charge is 2.44. The van der Waals surface area contributed by atoms with E-state index >= 15 is 0 Å². The first-order chi connectivity index (χ1) is 12.1. The van der Waals surface area contributed by atoms with E-state index in [-0.39, 0.29) is 6.04 Å². The Morgan fingerprint density at radius 2 is 2.00 bits per heavy atom. The van der Waals surface area contributed by atoms with Crippen LogP contribution in [0.5, 0.6) is 0 Å². The standard InChI is InChI=1S/C16H20N6O2S/c17-12-20-7-6-14(11-20)21-8-9-22(25(21,23)24)16-10-15(18-19-16)13-4-2-1-3-5-13/h1-5,10,14,23-24H,6-9,11H2,(H,18,19). The lowest BCUT2D eigenvalue weighted by Crippen LogP contribution is -2.38. The number of H-pyrrole nitrogens is 1. The number of aromatic amines is 1. The van der Waals surface area contributed by atoms with Gasteiger partial charge in [0.1, 0.15) is 0 Å². The van der Waals surface area contributed by atoms with E-state index in [9.17, 15) is 9.11 Å². The summed E-state index contributed by atoms with van der Waals surface area (Å²) in [7, 11) is -3.12. The molecule has 8 nitrogen and oxygen atoms in total. The summed E-state index contributed by atoms with van der Waals surface area (Å²) in [5.41, 5.74) is 1.83. The Morgan fingerprint density at radius 1 is 1.20 bits per heavy atom. The van der Waals surface area contributed by atoms with Crippen LogP contribution in [0, 0.1) is 11.5 Å². The Labute approximate surface area is 147 Å². The van der Waals surface area contributed by atoms with Crippen molar-refractivity contribution in [2.24, 2.45) is 0 Å². The van der Waals surface area contributed by atoms with Crippen molar-refractivity contribution in [3.63, 3.8) is 0 Å². The highest BCUT2D eigenvalue weighted by molar-refractivity contribution is 8.23. The minimum Gasteiger partial charge on any atom is -0.309 e. The molecule has 4 rings (SSSR count). The molecule has 0 amide bonds. The lowest BCUT2D eigenvalue weighted by Gasteiger charge is -2.44. The van der Waals surface area contributed by atoms with Crippen LogP contribution in [0.2, 0.25) is 0 Å². The van der Waals surface area contributed by atoms with Gasteiger partial charge in [-0.25, -0.2) is 4.31 Å². The van der Waals surface area contributed by atoms with Gasteiger partial charge in [0.2, 0.25) is 0 Å². The van der Waals surface area contributed by atoms with Crippen LogP contribution >= 0.6 is 11.0 Å². The van der Waals surface area contributed by atoms with E-state index < -0.39 is 11.0 Å². The number of nitriles is 1. The molecule has 2 aromatic rings. The first-order valence-electron chi connectivity index (χ1n) is 8.18. The fourth-order valence-corrected chi connectivity index (χ4v) is 5.28. The quantitative estimate of drug-likeness (QED) is 0.722. The Bertz CT molecular complexity index is 789. The first kappa shape index (κ1) is 16.2. The molecule has 3 heterocycles. The molecule has 132 valence electrons. The van der Waals surface area contributed by atoms with E-state index in [1.807, 2.05) is 36.4 Å². The summed E-state index contributed by atoms with van der Waals surface area (Å²) >= 11 is 0. The van der Waals surface area contributed by atoms with Crippen LogP contribution in [0.15, 0.2) is 36.4 Å². The van der Waals surface area contributed by atoms with Gasteiger partial charge in [-0.2, -0.15) is 14.7 Å². The summed E-state index contributed by atoms with van der Waals surface area (Å²) in [6.45, 7) is 2.23. The molecule has 2 saturated heterocycles. The second kappa shape index (κ2) is 6.24. The maximum Gasteiger partial charge on any atom is 0.179 e. The van der Waals surface area contributed by atoms with Gasteiger partial charge < -0.3 is 4.90 Å². The third kappa shape index (κ3) is 2.83. The van der Waals surface area contributed by atoms with Gasteiger partial charge in [-0.1, -0.05) is 30.3 Å². The number of likely N-dealkylation sites (tertiary alicyclic amines) is 1. The molecule has 0 saturated carbocycles. The Kier molecular flexibility index (Phi) is 4.05. The lowest BCUT2D eigenvalue weighted by atomic mass is 10.2. The third-order valence-electron chi connectivity index (χ3n) is 4.75. The molecule has 9 heteroatoms. The van der Waals surface area contributed by atoms with Crippen molar-refractivity contribution in [1.29, 1.82) is 5.26 Å². The molecule has 1 aromatic heterocycles. The maximum absolute atomic E-state index is 10.8. The average molecular weight is 360 g/mol. The topological polar surface area (TPSA) is 103 Å². The van der Waals surface area contributed by atoms with Gasteiger partial charge in [0.25, 0.3) is 0 Å². The minimum atomic E-state index is -3.12. The second-order valence-corrected chi connectivity index (χ2v) is 8.12. The molecular weight excluding hydrogens is 340 g/mol. The summed E-state index contributed by atoms with van der Waals surface area (Å²) in [4.78, 5) is 1.66. The summed E-state index contributed by atoms with van der Waals surface area (Å²) in [6, 6.07) is 11.6. The van der Waals surface area contributed by atoms with Gasteiger partial charge in [-0.05, 0) is 22.9 Å². The van der Waals surface area contributed by atoms with Gasteiger partial charge in [0, 0.05) is 25.7 Å². The Balaban J connectivity index is 1.54. The summed E-state index contributed by atoms with van der Waals surface area (Å²) in [5.74, 6) is 0.525. The van der Waals surface area contributed by atoms with E-state index in [0.29, 0.717) is 32.0 Å². The van der Waals surface area contributed by atoms with Crippen LogP contribution in [-0.2, 0) is 0 Å². The van der Waals surface area contributed by atoms with Crippen molar-refractivity contribution < 1.29 is 9.11 Å². The Hall–Kier alpha value is -2.25. The maximum atomic E-state index is 10.8. The minimum absolute atomic E-state index is 0.0258. The summed E-state index contributed by atoms with van der Waals surface area (Å²) < 4.78 is 24.9. The number of hydrogen-bond acceptors (Lipinski definition) is 7. The molecule has 0 radical (unpaired) electrons. The van der Waals surface area contributed by atoms with Crippen molar-refractivity contribution in [2.45, 2.75) is 12.5 Å². The number of nitrogens with zero attached hydrogens (tertiary/aromatic N) is 5. The molecule has 1 unspecified atom stereocenters. The highest BCUT2D eigenvalue weighted by atomic mass is 32.3. The largest absolute Gasteiger partial charge is 0.309 e. The van der Waals surface area contributed by atoms with Crippen LogP contribution in [0.1, 0.15) is 6.42 Å². The first-order valence-corrected chi connectivity index (χ1v) is 9.64. The predicted molar refractivity (Wildman–Crippen MR) is 96.5 cm³/mol. The number of aromatic nitrogens is 2. The van der Waals surface area contributed by atoms with Crippen molar-refractivity contribution in [2.75, 3.05) is 30.5 Å². The molecule has 2 aliphatic heterocycles. The van der Waals surface area contributed by atoms with Crippen molar-refractivity contribution in [3.8, 4) is 17.5 Å². The molecule has 0 bridgehead atoms. The highest BCUT2D eigenvalue weighted by Crippen LogP contribution is 2.54. The molecule has 0 spiro atoms. The zero-order valence-corrected chi connectivity index (χ0v) is 14.4. The van der Waals surface area contributed by atoms with Gasteiger partial charge in [0.15, 0.2) is 12.0 Å². The molecule has 3 N–H and O–H groups in total. The second-order valence-electron chi connectivity index (χ2n) is 6.23. The van der Waals surface area contributed by atoms with Crippen LogP contribution in [-0.4, -0.2) is 60.7 Å². The van der Waals surface area contributed by atoms with Gasteiger partial charge in [-0.3, -0.25) is 14.2 Å². The van der Waals surface area contributed by atoms with Crippen LogP contribution in [0.25, 0.3) is 11.3 Å².